The van der Waals surface area contributed by atoms with Crippen molar-refractivity contribution in [2.75, 3.05) is 23.3 Å². The van der Waals surface area contributed by atoms with Crippen LogP contribution in [0.3, 0.4) is 0 Å². The molecule has 3 rings (SSSR count). The molecule has 1 heterocycles. The fourth-order valence-corrected chi connectivity index (χ4v) is 5.38. The highest BCUT2D eigenvalue weighted by Crippen LogP contribution is 2.32. The van der Waals surface area contributed by atoms with Crippen molar-refractivity contribution in [2.24, 2.45) is 5.92 Å². The number of carbonyl (C=O) groups is 1. The Kier molecular flexibility index (Phi) is 7.51. The number of morpholine rings is 1. The molecule has 1 amide bonds. The topological polar surface area (TPSA) is 87.7 Å². The van der Waals surface area contributed by atoms with Crippen molar-refractivity contribution in [1.82, 2.24) is 4.72 Å². The Labute approximate surface area is 191 Å². The van der Waals surface area contributed by atoms with Crippen LogP contribution in [0.25, 0.3) is 0 Å². The number of nitrogens with zero attached hydrogens (tertiary/aromatic N) is 1. The lowest BCUT2D eigenvalue weighted by molar-refractivity contribution is -0.120. The highest BCUT2D eigenvalue weighted by atomic mass is 32.2. The maximum Gasteiger partial charge on any atom is 0.227 e. The maximum absolute atomic E-state index is 14.0. The monoisotopic (exact) mass is 469 g/mol. The highest BCUT2D eigenvalue weighted by molar-refractivity contribution is 7.90. The molecule has 7 nitrogen and oxygen atoms in total. The molecule has 0 radical (unpaired) electrons. The van der Waals surface area contributed by atoms with Crippen LogP contribution in [-0.2, 0) is 19.6 Å². The van der Waals surface area contributed by atoms with E-state index in [1.54, 1.807) is 26.8 Å². The molecule has 2 N–H and O–H groups in total. The Bertz CT molecular complexity index is 914. The van der Waals surface area contributed by atoms with Crippen LogP contribution in [0.2, 0.25) is 0 Å². The molecule has 0 aromatic heterocycles. The fourth-order valence-electron chi connectivity index (χ4n) is 4.35. The van der Waals surface area contributed by atoms with E-state index >= 15 is 0 Å². The molecule has 9 heteroatoms. The molecule has 2 aliphatic rings. The van der Waals surface area contributed by atoms with E-state index in [2.05, 4.69) is 14.9 Å². The zero-order valence-electron chi connectivity index (χ0n) is 19.7. The number of nitrogens with one attached hydrogen (secondary N) is 2. The van der Waals surface area contributed by atoms with Crippen LogP contribution in [0.4, 0.5) is 15.8 Å². The van der Waals surface area contributed by atoms with Crippen molar-refractivity contribution in [2.45, 2.75) is 83.3 Å². The van der Waals surface area contributed by atoms with Gasteiger partial charge in [-0.1, -0.05) is 0 Å². The lowest BCUT2D eigenvalue weighted by Crippen LogP contribution is -2.46. The van der Waals surface area contributed by atoms with Crippen molar-refractivity contribution in [1.29, 1.82) is 0 Å². The number of ether oxygens (including phenoxy) is 1. The van der Waals surface area contributed by atoms with Gasteiger partial charge in [0.15, 0.2) is 0 Å². The Hall–Kier alpha value is -1.71. The summed E-state index contributed by atoms with van der Waals surface area (Å²) in [4.78, 5) is 15.0. The lowest BCUT2D eigenvalue weighted by Gasteiger charge is -2.38. The SMILES string of the molecule is CC1CN(c2cc(F)ccc2NC(=O)C2CCC(NS(=O)(=O)C(C)(C)C)CC2)CC(C)O1. The summed E-state index contributed by atoms with van der Waals surface area (Å²) in [5.41, 5.74) is 1.25. The van der Waals surface area contributed by atoms with Crippen LogP contribution in [0.1, 0.15) is 60.3 Å². The van der Waals surface area contributed by atoms with Gasteiger partial charge in [-0.2, -0.15) is 0 Å². The summed E-state index contributed by atoms with van der Waals surface area (Å²) in [6.07, 6.45) is 2.46. The molecule has 180 valence electrons. The van der Waals surface area contributed by atoms with Gasteiger partial charge >= 0.3 is 0 Å². The minimum Gasteiger partial charge on any atom is -0.372 e. The Balaban J connectivity index is 1.64. The summed E-state index contributed by atoms with van der Waals surface area (Å²) < 4.78 is 46.5. The molecular formula is C23H36FN3O4S. The van der Waals surface area contributed by atoms with E-state index in [4.69, 9.17) is 4.74 Å². The number of sulfonamides is 1. The van der Waals surface area contributed by atoms with Crippen LogP contribution < -0.4 is 14.9 Å². The number of halogens is 1. The van der Waals surface area contributed by atoms with Gasteiger partial charge in [0, 0.05) is 25.0 Å². The van der Waals surface area contributed by atoms with Gasteiger partial charge in [0.05, 0.1) is 28.3 Å². The number of carbonyl (C=O) groups excluding carboxylic acids is 1. The molecule has 2 fully saturated rings. The Morgan fingerprint density at radius 2 is 1.69 bits per heavy atom. The molecule has 0 bridgehead atoms. The van der Waals surface area contributed by atoms with Gasteiger partial charge in [0.1, 0.15) is 5.82 Å². The van der Waals surface area contributed by atoms with E-state index in [0.717, 1.165) is 0 Å². The normalized spacial score (nSPS) is 27.2. The van der Waals surface area contributed by atoms with Crippen LogP contribution >= 0.6 is 0 Å². The van der Waals surface area contributed by atoms with E-state index < -0.39 is 14.8 Å². The number of hydrogen-bond acceptors (Lipinski definition) is 5. The van der Waals surface area contributed by atoms with Crippen molar-refractivity contribution >= 4 is 27.3 Å². The average Bonchev–Trinajstić information content (AvgIpc) is 2.68. The van der Waals surface area contributed by atoms with E-state index in [1.165, 1.54) is 12.1 Å². The van der Waals surface area contributed by atoms with Gasteiger partial charge < -0.3 is 15.0 Å². The van der Waals surface area contributed by atoms with Crippen molar-refractivity contribution in [3.63, 3.8) is 0 Å². The highest BCUT2D eigenvalue weighted by Gasteiger charge is 2.34. The van der Waals surface area contributed by atoms with Gasteiger partial charge in [-0.3, -0.25) is 4.79 Å². The molecule has 0 spiro atoms. The quantitative estimate of drug-likeness (QED) is 0.687. The third-order valence-electron chi connectivity index (χ3n) is 6.20. The lowest BCUT2D eigenvalue weighted by atomic mass is 9.86. The molecule has 32 heavy (non-hydrogen) atoms. The summed E-state index contributed by atoms with van der Waals surface area (Å²) in [7, 11) is -3.42. The zero-order chi connectivity index (χ0) is 23.7. The summed E-state index contributed by atoms with van der Waals surface area (Å²) in [5, 5.41) is 3.00. The van der Waals surface area contributed by atoms with Crippen LogP contribution in [0, 0.1) is 11.7 Å². The number of amides is 1. The molecular weight excluding hydrogens is 433 g/mol. The van der Waals surface area contributed by atoms with E-state index in [1.807, 2.05) is 13.8 Å². The molecule has 2 atom stereocenters. The second-order valence-electron chi connectivity index (χ2n) is 10.1. The molecule has 1 aromatic carbocycles. The summed E-state index contributed by atoms with van der Waals surface area (Å²) >= 11 is 0. The fraction of sp³-hybridized carbons (Fsp3) is 0.696. The summed E-state index contributed by atoms with van der Waals surface area (Å²) in [5.74, 6) is -0.661. The second kappa shape index (κ2) is 9.65. The van der Waals surface area contributed by atoms with Crippen LogP contribution in [0.5, 0.6) is 0 Å². The first-order chi connectivity index (χ1) is 14.9. The standard InChI is InChI=1S/C23H36FN3O4S/c1-15-13-27(14-16(2)31-15)21-12-18(24)8-11-20(21)25-22(28)17-6-9-19(10-7-17)26-32(29,30)23(3,4)5/h8,11-12,15-17,19,26H,6-7,9-10,13-14H2,1-5H3,(H,25,28). The first-order valence-electron chi connectivity index (χ1n) is 11.4. The molecule has 1 saturated carbocycles. The number of hydrogen-bond donors (Lipinski definition) is 2. The largest absolute Gasteiger partial charge is 0.372 e. The van der Waals surface area contributed by atoms with E-state index in [9.17, 15) is 17.6 Å². The molecule has 1 aromatic rings. The molecule has 1 aliphatic heterocycles. The average molecular weight is 470 g/mol. The first-order valence-corrected chi connectivity index (χ1v) is 12.9. The Morgan fingerprint density at radius 3 is 2.25 bits per heavy atom. The molecule has 2 unspecified atom stereocenters. The van der Waals surface area contributed by atoms with Crippen molar-refractivity contribution in [3.8, 4) is 0 Å². The predicted molar refractivity (Wildman–Crippen MR) is 125 cm³/mol. The first kappa shape index (κ1) is 24.9. The minimum atomic E-state index is -3.42. The number of anilines is 2. The third kappa shape index (κ3) is 5.99. The van der Waals surface area contributed by atoms with Crippen molar-refractivity contribution < 1.29 is 22.3 Å². The number of benzene rings is 1. The van der Waals surface area contributed by atoms with Gasteiger partial charge in [-0.25, -0.2) is 17.5 Å². The van der Waals surface area contributed by atoms with Gasteiger partial charge in [-0.05, 0) is 78.5 Å². The van der Waals surface area contributed by atoms with E-state index in [0.29, 0.717) is 50.1 Å². The van der Waals surface area contributed by atoms with Crippen LogP contribution in [0.15, 0.2) is 18.2 Å². The minimum absolute atomic E-state index is 0.0118. The summed E-state index contributed by atoms with van der Waals surface area (Å²) in [6, 6.07) is 4.26. The van der Waals surface area contributed by atoms with E-state index in [-0.39, 0.29) is 35.9 Å². The second-order valence-corrected chi connectivity index (χ2v) is 12.6. The Morgan fingerprint density at radius 1 is 1.09 bits per heavy atom. The number of rotatable bonds is 5. The zero-order valence-corrected chi connectivity index (χ0v) is 20.5. The van der Waals surface area contributed by atoms with Crippen molar-refractivity contribution in [3.05, 3.63) is 24.0 Å². The van der Waals surface area contributed by atoms with Gasteiger partial charge in [0.25, 0.3) is 0 Å². The predicted octanol–water partition coefficient (Wildman–Crippen LogP) is 3.65. The smallest absolute Gasteiger partial charge is 0.227 e. The van der Waals surface area contributed by atoms with Crippen LogP contribution in [-0.4, -0.2) is 50.4 Å². The molecule has 1 saturated heterocycles. The van der Waals surface area contributed by atoms with Gasteiger partial charge in [-0.15, -0.1) is 0 Å². The molecule has 1 aliphatic carbocycles. The summed E-state index contributed by atoms with van der Waals surface area (Å²) in [6.45, 7) is 10.2. The maximum atomic E-state index is 14.0. The van der Waals surface area contributed by atoms with Gasteiger partial charge in [0.2, 0.25) is 15.9 Å². The third-order valence-corrected chi connectivity index (χ3v) is 8.46.